The number of hydrogen-bond donors (Lipinski definition) is 7. The number of aryl methyl sites for hydroxylation is 1. The summed E-state index contributed by atoms with van der Waals surface area (Å²) in [5, 5.41) is 24.7. The van der Waals surface area contributed by atoms with Gasteiger partial charge < -0.3 is 42.0 Å². The summed E-state index contributed by atoms with van der Waals surface area (Å²) >= 11 is 13.6. The number of rotatable bonds is 27. The summed E-state index contributed by atoms with van der Waals surface area (Å²) in [6, 6.07) is 73.7. The van der Waals surface area contributed by atoms with Crippen LogP contribution >= 0.6 is 35.0 Å². The Balaban J connectivity index is 0.000000451. The second kappa shape index (κ2) is 59.8. The van der Waals surface area contributed by atoms with Crippen LogP contribution in [0.3, 0.4) is 0 Å². The minimum Gasteiger partial charge on any atom is -0.372 e. The van der Waals surface area contributed by atoms with Crippen LogP contribution in [0.15, 0.2) is 230 Å². The first kappa shape index (κ1) is 107. The van der Waals surface area contributed by atoms with E-state index in [9.17, 15) is 13.2 Å². The van der Waals surface area contributed by atoms with Gasteiger partial charge in [-0.3, -0.25) is 19.8 Å². The highest BCUT2D eigenvalue weighted by Crippen LogP contribution is 2.32. The van der Waals surface area contributed by atoms with Gasteiger partial charge in [-0.25, -0.2) is 0 Å². The van der Waals surface area contributed by atoms with Crippen LogP contribution in [0.1, 0.15) is 225 Å². The van der Waals surface area contributed by atoms with E-state index >= 15 is 0 Å². The molecule has 652 valence electrons. The molecule has 9 aromatic rings. The summed E-state index contributed by atoms with van der Waals surface area (Å²) in [7, 11) is 4.35. The highest BCUT2D eigenvalue weighted by Gasteiger charge is 2.33. The average Bonchev–Trinajstić information content (AvgIpc) is 0.871. The Bertz CT molecular complexity index is 3950. The van der Waals surface area contributed by atoms with Gasteiger partial charge in [0.15, 0.2) is 0 Å². The van der Waals surface area contributed by atoms with E-state index in [0.717, 1.165) is 98.3 Å². The van der Waals surface area contributed by atoms with Crippen LogP contribution in [-0.4, -0.2) is 113 Å². The van der Waals surface area contributed by atoms with Crippen molar-refractivity contribution in [2.45, 2.75) is 281 Å². The molecule has 7 aromatic carbocycles. The van der Waals surface area contributed by atoms with Crippen molar-refractivity contribution in [2.24, 2.45) is 0 Å². The number of nitrogens with zero attached hydrogens (tertiary/aromatic N) is 4. The minimum atomic E-state index is -4.27. The molecular formula is C100H150Cl2F3N11OS. The van der Waals surface area contributed by atoms with Crippen LogP contribution in [0.2, 0.25) is 10.0 Å². The van der Waals surface area contributed by atoms with Gasteiger partial charge in [0.1, 0.15) is 0 Å². The SMILES string of the molecule is CC(C)NCC1OCCc2ccccc21.CC(C)NCCc1ccccn1.CC(C)NCc1cc(Cl)ccc1Cl.CC(C)NCc1ccccc1.CC(C)NCc1ccccc1C(F)(F)F.CC(C)NCc1ccccn1.CC(C)N[C@@H](C)c1ccccc1.CSc1ccccc1CN(C)C(C)(C)C.Cc1ccccc1CN(C)C(C)(C)C. The number of benzene rings is 7. The predicted octanol–water partition coefficient (Wildman–Crippen LogP) is 24.0. The second-order valence-corrected chi connectivity index (χ2v) is 35.3. The fourth-order valence-corrected chi connectivity index (χ4v) is 11.9. The Morgan fingerprint density at radius 3 is 1.44 bits per heavy atom. The molecule has 1 aliphatic heterocycles. The smallest absolute Gasteiger partial charge is 0.372 e. The molecule has 2 aromatic heterocycles. The molecule has 3 heterocycles. The molecule has 0 amide bonds. The summed E-state index contributed by atoms with van der Waals surface area (Å²) in [5.74, 6) is 0. The van der Waals surface area contributed by atoms with Gasteiger partial charge in [-0.2, -0.15) is 13.2 Å². The van der Waals surface area contributed by atoms with Crippen molar-refractivity contribution in [3.63, 3.8) is 0 Å². The maximum absolute atomic E-state index is 12.5. The van der Waals surface area contributed by atoms with E-state index in [1.54, 1.807) is 12.1 Å². The number of fused-ring (bicyclic) bond motifs is 1. The number of halogens is 5. The highest BCUT2D eigenvalue weighted by atomic mass is 35.5. The monoisotopic (exact) mass is 1680 g/mol. The molecule has 7 N–H and O–H groups in total. The van der Waals surface area contributed by atoms with Crippen molar-refractivity contribution in [3.05, 3.63) is 302 Å². The first-order valence-electron chi connectivity index (χ1n) is 42.1. The van der Waals surface area contributed by atoms with Crippen molar-refractivity contribution in [1.82, 2.24) is 57.0 Å². The van der Waals surface area contributed by atoms with Crippen LogP contribution in [0.4, 0.5) is 13.2 Å². The van der Waals surface area contributed by atoms with E-state index in [1.165, 1.54) is 56.0 Å². The Morgan fingerprint density at radius 1 is 0.466 bits per heavy atom. The molecule has 0 saturated carbocycles. The maximum Gasteiger partial charge on any atom is 0.416 e. The molecule has 0 saturated heterocycles. The zero-order valence-corrected chi connectivity index (χ0v) is 78.7. The Labute approximate surface area is 728 Å². The summed E-state index contributed by atoms with van der Waals surface area (Å²) in [6.07, 6.45) is 3.82. The first-order valence-corrected chi connectivity index (χ1v) is 44.1. The van der Waals surface area contributed by atoms with E-state index in [4.69, 9.17) is 27.9 Å². The number of thioether (sulfide) groups is 1. The van der Waals surface area contributed by atoms with Crippen LogP contribution in [0, 0.1) is 6.92 Å². The van der Waals surface area contributed by atoms with Crippen molar-refractivity contribution in [1.29, 1.82) is 0 Å². The van der Waals surface area contributed by atoms with Crippen LogP contribution in [0.25, 0.3) is 0 Å². The molecule has 0 fully saturated rings. The van der Waals surface area contributed by atoms with Crippen LogP contribution < -0.4 is 37.2 Å². The second-order valence-electron chi connectivity index (χ2n) is 33.6. The van der Waals surface area contributed by atoms with E-state index < -0.39 is 11.7 Å². The van der Waals surface area contributed by atoms with Gasteiger partial charge in [0.05, 0.1) is 24.0 Å². The molecule has 1 aliphatic rings. The Kier molecular flexibility index (Phi) is 54.3. The fourth-order valence-electron chi connectivity index (χ4n) is 11.0. The standard InChI is InChI=1S/C13H19NO.C13H21NS.C13H21N.C11H14F3N.C11H17N.C10H13Cl2N.C10H16N2.C10H15N.C9H14N2/c1-10(2)14-9-13-12-6-4-3-5-11(12)7-8-15-13;1-13(2,3)14(4)10-11-8-6-7-9-12(11)15-5;1-11-8-6-7-9-12(11)10-14(5)13(2,3)4;1-8(2)15-7-9-5-3-4-6-10(9)11(12,13)14;1-9(2)12-10(3)11-7-5-4-6-8-11;1-7(2)13-6-8-5-9(11)3-4-10(8)12;1-9(2)11-8-6-10-5-3-4-7-12-10;1-9(2)11-8-10-6-4-3-5-7-10;1-8(2)11-7-9-5-3-4-6-10-9/h3-6,10,13-14H,7-9H2,1-2H3;6-9H,10H2,1-5H3;6-9H,10H2,1-5H3;3-6,8,15H,7H2,1-2H3;4-10,12H,1-3H3;3-5,7,13H,6H2,1-2H3;3-5,7,9,11H,6,8H2,1-2H3;3-7,9,11H,8H2,1-2H3;3-6,8,11H,7H2,1-2H3/t;;;;10-;;;;/m....0..../s1. The van der Waals surface area contributed by atoms with Gasteiger partial charge in [0.2, 0.25) is 0 Å². The molecule has 2 atom stereocenters. The Hall–Kier alpha value is -6.84. The number of hydrogen-bond acceptors (Lipinski definition) is 13. The molecule has 10 rings (SSSR count). The van der Waals surface area contributed by atoms with Gasteiger partial charge in [-0.1, -0.05) is 278 Å². The third-order valence-electron chi connectivity index (χ3n) is 18.6. The summed E-state index contributed by atoms with van der Waals surface area (Å²) in [5.41, 5.74) is 13.2. The molecule has 1 unspecified atom stereocenters. The van der Waals surface area contributed by atoms with E-state index in [-0.39, 0.29) is 29.8 Å². The van der Waals surface area contributed by atoms with Crippen molar-refractivity contribution >= 4 is 35.0 Å². The quantitative estimate of drug-likeness (QED) is 0.0247. The highest BCUT2D eigenvalue weighted by molar-refractivity contribution is 7.98. The number of pyridine rings is 2. The topological polar surface area (TPSA) is 126 Å². The van der Waals surface area contributed by atoms with Gasteiger partial charge in [0, 0.05) is 151 Å². The largest absolute Gasteiger partial charge is 0.416 e. The minimum absolute atomic E-state index is 0.172. The summed E-state index contributed by atoms with van der Waals surface area (Å²) in [6.45, 7) is 55.0. The average molecular weight is 1680 g/mol. The van der Waals surface area contributed by atoms with Gasteiger partial charge in [0.25, 0.3) is 0 Å². The number of alkyl halides is 3. The third-order valence-corrected chi connectivity index (χ3v) is 20.1. The first-order chi connectivity index (χ1) is 55.7. The third kappa shape index (κ3) is 50.4. The molecule has 0 bridgehead atoms. The van der Waals surface area contributed by atoms with Crippen molar-refractivity contribution in [2.75, 3.05) is 40.0 Å². The van der Waals surface area contributed by atoms with E-state index in [0.29, 0.717) is 47.9 Å². The summed E-state index contributed by atoms with van der Waals surface area (Å²) in [4.78, 5) is 14.6. The number of nitrogens with one attached hydrogen (secondary N) is 7. The lowest BCUT2D eigenvalue weighted by molar-refractivity contribution is -0.138. The molecule has 12 nitrogen and oxygen atoms in total. The number of ether oxygens (including phenoxy) is 1. The lowest BCUT2D eigenvalue weighted by atomic mass is 9.97. The normalized spacial score (nSPS) is 12.7. The molecular weight excluding hydrogens is 1530 g/mol. The van der Waals surface area contributed by atoms with Crippen LogP contribution in [-0.2, 0) is 63.0 Å². The van der Waals surface area contributed by atoms with Gasteiger partial charge in [-0.05, 0) is 187 Å². The Morgan fingerprint density at radius 2 is 0.924 bits per heavy atom. The van der Waals surface area contributed by atoms with E-state index in [1.807, 2.05) is 92.6 Å². The zero-order chi connectivity index (χ0) is 88.2. The molecule has 18 heteroatoms. The van der Waals surface area contributed by atoms with Gasteiger partial charge in [-0.15, -0.1) is 11.8 Å². The molecule has 118 heavy (non-hydrogen) atoms. The summed E-state index contributed by atoms with van der Waals surface area (Å²) < 4.78 is 43.4. The lowest BCUT2D eigenvalue weighted by Gasteiger charge is -2.32. The molecule has 0 aliphatic carbocycles. The van der Waals surface area contributed by atoms with Crippen molar-refractivity contribution in [3.8, 4) is 0 Å². The fraction of sp³-hybridized carbons (Fsp3) is 0.480. The predicted molar refractivity (Wildman–Crippen MR) is 505 cm³/mol. The number of aromatic nitrogens is 2. The van der Waals surface area contributed by atoms with Crippen LogP contribution in [0.5, 0.6) is 0 Å². The lowest BCUT2D eigenvalue weighted by Crippen LogP contribution is -2.37. The molecule has 0 spiro atoms. The maximum atomic E-state index is 12.5. The van der Waals surface area contributed by atoms with E-state index in [2.05, 4.69) is 343 Å². The van der Waals surface area contributed by atoms with Gasteiger partial charge >= 0.3 is 6.18 Å². The zero-order valence-electron chi connectivity index (χ0n) is 76.3. The van der Waals surface area contributed by atoms with Crippen molar-refractivity contribution < 1.29 is 17.9 Å². The molecule has 0 radical (unpaired) electrons.